The van der Waals surface area contributed by atoms with Crippen LogP contribution in [-0.2, 0) is 6.54 Å². The van der Waals surface area contributed by atoms with Gasteiger partial charge in [0, 0.05) is 19.1 Å². The monoisotopic (exact) mass is 249 g/mol. The lowest BCUT2D eigenvalue weighted by molar-refractivity contribution is 0.280. The fraction of sp³-hybridized carbons (Fsp3) is 0.643. The van der Waals surface area contributed by atoms with E-state index in [0.717, 1.165) is 43.6 Å². The molecule has 18 heavy (non-hydrogen) atoms. The third kappa shape index (κ3) is 5.02. The molecule has 0 aromatic carbocycles. The van der Waals surface area contributed by atoms with Crippen molar-refractivity contribution >= 4 is 0 Å². The third-order valence-corrected chi connectivity index (χ3v) is 2.97. The van der Waals surface area contributed by atoms with E-state index in [-0.39, 0.29) is 0 Å². The highest BCUT2D eigenvalue weighted by Crippen LogP contribution is 2.19. The van der Waals surface area contributed by atoms with Gasteiger partial charge in [-0.1, -0.05) is 0 Å². The summed E-state index contributed by atoms with van der Waals surface area (Å²) in [5.74, 6) is 0.865. The van der Waals surface area contributed by atoms with Crippen LogP contribution in [0.5, 0.6) is 5.75 Å². The van der Waals surface area contributed by atoms with Crippen molar-refractivity contribution in [1.82, 2.24) is 15.2 Å². The van der Waals surface area contributed by atoms with Gasteiger partial charge in [-0.15, -0.1) is 0 Å². The Morgan fingerprint density at radius 3 is 2.83 bits per heavy atom. The van der Waals surface area contributed by atoms with Gasteiger partial charge >= 0.3 is 0 Å². The first kappa shape index (κ1) is 13.3. The topological polar surface area (TPSA) is 37.4 Å². The van der Waals surface area contributed by atoms with Gasteiger partial charge < -0.3 is 15.0 Å². The van der Waals surface area contributed by atoms with E-state index in [1.54, 1.807) is 0 Å². The molecule has 2 rings (SSSR count). The summed E-state index contributed by atoms with van der Waals surface area (Å²) in [6.07, 6.45) is 5.48. The molecule has 1 aliphatic carbocycles. The Morgan fingerprint density at radius 1 is 1.39 bits per heavy atom. The van der Waals surface area contributed by atoms with Crippen LogP contribution in [0.25, 0.3) is 0 Å². The predicted molar refractivity (Wildman–Crippen MR) is 72.8 cm³/mol. The zero-order chi connectivity index (χ0) is 12.8. The van der Waals surface area contributed by atoms with Crippen LogP contribution in [0, 0.1) is 0 Å². The summed E-state index contributed by atoms with van der Waals surface area (Å²) < 4.78 is 5.64. The van der Waals surface area contributed by atoms with Crippen molar-refractivity contribution in [2.45, 2.75) is 31.8 Å². The molecule has 1 aromatic rings. The molecular weight excluding hydrogens is 226 g/mol. The van der Waals surface area contributed by atoms with Crippen molar-refractivity contribution in [3.05, 3.63) is 24.0 Å². The maximum absolute atomic E-state index is 5.64. The Balaban J connectivity index is 1.66. The normalized spacial score (nSPS) is 15.1. The van der Waals surface area contributed by atoms with E-state index in [9.17, 15) is 0 Å². The summed E-state index contributed by atoms with van der Waals surface area (Å²) >= 11 is 0. The number of pyridine rings is 1. The van der Waals surface area contributed by atoms with Crippen LogP contribution in [0.1, 0.15) is 25.0 Å². The lowest BCUT2D eigenvalue weighted by Gasteiger charge is -2.10. The van der Waals surface area contributed by atoms with E-state index in [4.69, 9.17) is 4.74 Å². The van der Waals surface area contributed by atoms with Crippen molar-refractivity contribution in [1.29, 1.82) is 0 Å². The molecule has 0 bridgehead atoms. The maximum Gasteiger partial charge on any atom is 0.137 e. The fourth-order valence-corrected chi connectivity index (χ4v) is 1.71. The molecule has 1 fully saturated rings. The van der Waals surface area contributed by atoms with Crippen LogP contribution in [0.4, 0.5) is 0 Å². The number of rotatable bonds is 8. The molecular formula is C14H23N3O. The Kier molecular flexibility index (Phi) is 4.96. The molecule has 0 aliphatic heterocycles. The number of hydrogen-bond acceptors (Lipinski definition) is 4. The molecule has 1 aliphatic rings. The van der Waals surface area contributed by atoms with Crippen LogP contribution in [0.2, 0.25) is 0 Å². The number of aromatic nitrogens is 1. The van der Waals surface area contributed by atoms with E-state index in [1.165, 1.54) is 12.8 Å². The van der Waals surface area contributed by atoms with Crippen LogP contribution in [0.3, 0.4) is 0 Å². The molecule has 0 unspecified atom stereocenters. The zero-order valence-corrected chi connectivity index (χ0v) is 11.4. The first-order valence-electron chi connectivity index (χ1n) is 6.70. The molecule has 0 radical (unpaired) electrons. The second-order valence-corrected chi connectivity index (χ2v) is 5.15. The number of ether oxygens (including phenoxy) is 1. The fourth-order valence-electron chi connectivity index (χ4n) is 1.71. The lowest BCUT2D eigenvalue weighted by Crippen LogP contribution is -2.16. The van der Waals surface area contributed by atoms with Gasteiger partial charge in [0.1, 0.15) is 5.75 Å². The second kappa shape index (κ2) is 6.71. The molecule has 4 heteroatoms. The van der Waals surface area contributed by atoms with Gasteiger partial charge in [-0.25, -0.2) is 0 Å². The average molecular weight is 249 g/mol. The van der Waals surface area contributed by atoms with Gasteiger partial charge in [0.05, 0.1) is 18.5 Å². The molecule has 1 heterocycles. The second-order valence-electron chi connectivity index (χ2n) is 5.15. The van der Waals surface area contributed by atoms with Gasteiger partial charge in [-0.05, 0) is 45.5 Å². The first-order chi connectivity index (χ1) is 8.74. The maximum atomic E-state index is 5.64. The van der Waals surface area contributed by atoms with E-state index in [1.807, 2.05) is 18.3 Å². The van der Waals surface area contributed by atoms with Crippen LogP contribution in [0.15, 0.2) is 18.3 Å². The van der Waals surface area contributed by atoms with Crippen molar-refractivity contribution in [2.24, 2.45) is 0 Å². The SMILES string of the molecule is CN(C)CCCOc1ccc(CNC2CC2)nc1. The van der Waals surface area contributed by atoms with Crippen molar-refractivity contribution in [2.75, 3.05) is 27.2 Å². The van der Waals surface area contributed by atoms with E-state index < -0.39 is 0 Å². The molecule has 100 valence electrons. The first-order valence-corrected chi connectivity index (χ1v) is 6.70. The Bertz CT molecular complexity index is 347. The predicted octanol–water partition coefficient (Wildman–Crippen LogP) is 1.66. The molecule has 0 amide bonds. The molecule has 0 atom stereocenters. The Morgan fingerprint density at radius 2 is 2.22 bits per heavy atom. The van der Waals surface area contributed by atoms with Gasteiger partial charge in [0.15, 0.2) is 0 Å². The van der Waals surface area contributed by atoms with Crippen LogP contribution >= 0.6 is 0 Å². The number of hydrogen-bond donors (Lipinski definition) is 1. The summed E-state index contributed by atoms with van der Waals surface area (Å²) in [7, 11) is 4.15. The number of nitrogens with zero attached hydrogens (tertiary/aromatic N) is 2. The molecule has 1 saturated carbocycles. The molecule has 0 saturated heterocycles. The Hall–Kier alpha value is -1.13. The molecule has 1 N–H and O–H groups in total. The minimum Gasteiger partial charge on any atom is -0.492 e. The van der Waals surface area contributed by atoms with Gasteiger partial charge in [-0.3, -0.25) is 4.98 Å². The smallest absolute Gasteiger partial charge is 0.137 e. The van der Waals surface area contributed by atoms with Crippen molar-refractivity contribution < 1.29 is 4.74 Å². The highest BCUT2D eigenvalue weighted by Gasteiger charge is 2.19. The van der Waals surface area contributed by atoms with Gasteiger partial charge in [-0.2, -0.15) is 0 Å². The minimum atomic E-state index is 0.730. The van der Waals surface area contributed by atoms with Gasteiger partial charge in [0.25, 0.3) is 0 Å². The summed E-state index contributed by atoms with van der Waals surface area (Å²) in [6, 6.07) is 4.78. The standard InChI is InChI=1S/C14H23N3O/c1-17(2)8-3-9-18-14-7-6-13(16-11-14)10-15-12-4-5-12/h6-7,11-12,15H,3-5,8-10H2,1-2H3. The van der Waals surface area contributed by atoms with E-state index >= 15 is 0 Å². The number of nitrogens with one attached hydrogen (secondary N) is 1. The highest BCUT2D eigenvalue weighted by atomic mass is 16.5. The summed E-state index contributed by atoms with van der Waals surface area (Å²) in [5.41, 5.74) is 1.09. The third-order valence-electron chi connectivity index (χ3n) is 2.97. The Labute approximate surface area is 109 Å². The van der Waals surface area contributed by atoms with Crippen molar-refractivity contribution in [3.8, 4) is 5.75 Å². The highest BCUT2D eigenvalue weighted by molar-refractivity contribution is 5.19. The average Bonchev–Trinajstić information content (AvgIpc) is 3.17. The minimum absolute atomic E-state index is 0.730. The quantitative estimate of drug-likeness (QED) is 0.711. The molecule has 4 nitrogen and oxygen atoms in total. The largest absolute Gasteiger partial charge is 0.492 e. The molecule has 0 spiro atoms. The van der Waals surface area contributed by atoms with Gasteiger partial charge in [0.2, 0.25) is 0 Å². The summed E-state index contributed by atoms with van der Waals surface area (Å²) in [6.45, 7) is 2.67. The lowest BCUT2D eigenvalue weighted by atomic mass is 10.3. The zero-order valence-electron chi connectivity index (χ0n) is 11.4. The van der Waals surface area contributed by atoms with E-state index in [0.29, 0.717) is 0 Å². The van der Waals surface area contributed by atoms with Crippen molar-refractivity contribution in [3.63, 3.8) is 0 Å². The molecule has 1 aromatic heterocycles. The summed E-state index contributed by atoms with van der Waals surface area (Å²) in [5, 5.41) is 3.45. The summed E-state index contributed by atoms with van der Waals surface area (Å²) in [4.78, 5) is 6.56. The van der Waals surface area contributed by atoms with Crippen LogP contribution in [-0.4, -0.2) is 43.2 Å². The van der Waals surface area contributed by atoms with Crippen LogP contribution < -0.4 is 10.1 Å². The van der Waals surface area contributed by atoms with E-state index in [2.05, 4.69) is 29.3 Å².